The maximum absolute atomic E-state index is 14.4. The predicted molar refractivity (Wildman–Crippen MR) is 103 cm³/mol. The fourth-order valence-corrected chi connectivity index (χ4v) is 2.75. The number of carbonyl (C=O) groups excluding carboxylic acids is 1. The summed E-state index contributed by atoms with van der Waals surface area (Å²) in [5.74, 6) is -2.67. The molecule has 0 spiro atoms. The Kier molecular flexibility index (Phi) is 7.77. The Balaban J connectivity index is 1.83. The number of rotatable bonds is 10. The van der Waals surface area contributed by atoms with Crippen LogP contribution in [0.2, 0.25) is 0 Å². The molecule has 0 aromatic heterocycles. The third-order valence-electron chi connectivity index (χ3n) is 4.36. The Morgan fingerprint density at radius 3 is 2.48 bits per heavy atom. The fourth-order valence-electron chi connectivity index (χ4n) is 2.75. The molecule has 5 heteroatoms. The molecule has 0 saturated carbocycles. The minimum Gasteiger partial charge on any atom is -0.494 e. The molecule has 0 aliphatic rings. The number of aryl methyl sites for hydroxylation is 1. The number of hydrogen-bond donors (Lipinski definition) is 0. The van der Waals surface area contributed by atoms with E-state index in [9.17, 15) is 13.6 Å². The van der Waals surface area contributed by atoms with Gasteiger partial charge in [-0.15, -0.1) is 0 Å². The average molecular weight is 375 g/mol. The number of nitrogens with zero attached hydrogens (tertiary/aromatic N) is 1. The molecule has 0 aliphatic carbocycles. The lowest BCUT2D eigenvalue weighted by Crippen LogP contribution is -2.22. The van der Waals surface area contributed by atoms with Gasteiger partial charge in [-0.1, -0.05) is 42.5 Å². The maximum Gasteiger partial charge on any atom is 0.273 e. The number of amides is 1. The van der Waals surface area contributed by atoms with E-state index in [2.05, 4.69) is 12.1 Å². The molecule has 0 aliphatic heterocycles. The lowest BCUT2D eigenvalue weighted by atomic mass is 10.0. The highest BCUT2D eigenvalue weighted by molar-refractivity contribution is 5.75. The second-order valence-corrected chi connectivity index (χ2v) is 6.81. The molecule has 0 saturated heterocycles. The smallest absolute Gasteiger partial charge is 0.273 e. The van der Waals surface area contributed by atoms with Crippen molar-refractivity contribution in [3.63, 3.8) is 0 Å². The number of alkyl halides is 2. The zero-order valence-electron chi connectivity index (χ0n) is 16.0. The van der Waals surface area contributed by atoms with Crippen LogP contribution in [0.4, 0.5) is 8.78 Å². The molecule has 2 rings (SSSR count). The van der Waals surface area contributed by atoms with Crippen molar-refractivity contribution in [3.05, 3.63) is 65.7 Å². The van der Waals surface area contributed by atoms with Crippen molar-refractivity contribution < 1.29 is 18.3 Å². The van der Waals surface area contributed by atoms with Crippen molar-refractivity contribution in [2.45, 2.75) is 38.0 Å². The van der Waals surface area contributed by atoms with Gasteiger partial charge in [0, 0.05) is 32.5 Å². The third-order valence-corrected chi connectivity index (χ3v) is 4.36. The van der Waals surface area contributed by atoms with Crippen LogP contribution in [0.25, 0.3) is 0 Å². The van der Waals surface area contributed by atoms with Gasteiger partial charge in [0.05, 0.1) is 6.61 Å². The Hall–Kier alpha value is -2.43. The summed E-state index contributed by atoms with van der Waals surface area (Å²) < 4.78 is 34.5. The highest BCUT2D eigenvalue weighted by Gasteiger charge is 2.31. The number of hydrogen-bond acceptors (Lipinski definition) is 2. The molecule has 27 heavy (non-hydrogen) atoms. The van der Waals surface area contributed by atoms with E-state index < -0.39 is 5.92 Å². The Bertz CT molecular complexity index is 717. The summed E-state index contributed by atoms with van der Waals surface area (Å²) in [5, 5.41) is 0. The van der Waals surface area contributed by atoms with Gasteiger partial charge in [-0.25, -0.2) is 8.78 Å². The monoisotopic (exact) mass is 375 g/mol. The van der Waals surface area contributed by atoms with Gasteiger partial charge < -0.3 is 9.64 Å². The van der Waals surface area contributed by atoms with Crippen molar-refractivity contribution in [1.82, 2.24) is 4.90 Å². The summed E-state index contributed by atoms with van der Waals surface area (Å²) in [4.78, 5) is 12.9. The van der Waals surface area contributed by atoms with Gasteiger partial charge >= 0.3 is 0 Å². The van der Waals surface area contributed by atoms with Crippen LogP contribution in [0.5, 0.6) is 5.75 Å². The zero-order chi connectivity index (χ0) is 19.7. The molecule has 0 radical (unpaired) electrons. The number of benzene rings is 2. The van der Waals surface area contributed by atoms with E-state index >= 15 is 0 Å². The molecule has 146 valence electrons. The third kappa shape index (κ3) is 7.00. The first-order valence-electron chi connectivity index (χ1n) is 9.24. The molecule has 3 nitrogen and oxygen atoms in total. The van der Waals surface area contributed by atoms with Gasteiger partial charge in [-0.2, -0.15) is 0 Å². The van der Waals surface area contributed by atoms with E-state index in [4.69, 9.17) is 4.74 Å². The van der Waals surface area contributed by atoms with E-state index in [1.54, 1.807) is 26.2 Å². The van der Waals surface area contributed by atoms with E-state index in [0.717, 1.165) is 12.8 Å². The number of carbonyl (C=O) groups is 1. The molecule has 0 heterocycles. The number of halogens is 2. The van der Waals surface area contributed by atoms with Gasteiger partial charge in [-0.05, 0) is 37.0 Å². The summed E-state index contributed by atoms with van der Waals surface area (Å²) in [5.41, 5.74) is 1.16. The first kappa shape index (κ1) is 20.9. The van der Waals surface area contributed by atoms with Crippen LogP contribution in [-0.2, 0) is 17.1 Å². The lowest BCUT2D eigenvalue weighted by molar-refractivity contribution is -0.129. The Morgan fingerprint density at radius 1 is 1.04 bits per heavy atom. The van der Waals surface area contributed by atoms with Crippen molar-refractivity contribution in [2.24, 2.45) is 0 Å². The molecule has 0 N–H and O–H groups in total. The van der Waals surface area contributed by atoms with E-state index in [1.165, 1.54) is 22.6 Å². The van der Waals surface area contributed by atoms with Gasteiger partial charge in [0.2, 0.25) is 5.91 Å². The molecule has 0 atom stereocenters. The van der Waals surface area contributed by atoms with Crippen molar-refractivity contribution in [3.8, 4) is 5.75 Å². The largest absolute Gasteiger partial charge is 0.494 e. The molecular formula is C22H27F2NO2. The predicted octanol–water partition coefficient (Wildman–Crippen LogP) is 5.05. The van der Waals surface area contributed by atoms with Gasteiger partial charge in [0.1, 0.15) is 5.75 Å². The summed E-state index contributed by atoms with van der Waals surface area (Å²) in [6.45, 7) is 0.473. The van der Waals surface area contributed by atoms with Gasteiger partial charge in [0.25, 0.3) is 5.92 Å². The molecule has 0 unspecified atom stereocenters. The highest BCUT2D eigenvalue weighted by atomic mass is 19.3. The van der Waals surface area contributed by atoms with E-state index in [1.807, 2.05) is 18.2 Å². The molecule has 2 aromatic rings. The quantitative estimate of drug-likeness (QED) is 0.544. The van der Waals surface area contributed by atoms with Crippen LogP contribution in [0.3, 0.4) is 0 Å². The highest BCUT2D eigenvalue weighted by Crippen LogP contribution is 2.35. The Morgan fingerprint density at radius 2 is 1.78 bits per heavy atom. The fraction of sp³-hybridized carbons (Fsp3) is 0.409. The molecule has 2 aromatic carbocycles. The zero-order valence-corrected chi connectivity index (χ0v) is 16.0. The van der Waals surface area contributed by atoms with Crippen molar-refractivity contribution in [2.75, 3.05) is 20.7 Å². The normalized spacial score (nSPS) is 11.3. The van der Waals surface area contributed by atoms with Crippen LogP contribution in [0, 0.1) is 0 Å². The lowest BCUT2D eigenvalue weighted by Gasteiger charge is -2.18. The first-order chi connectivity index (χ1) is 12.9. The first-order valence-corrected chi connectivity index (χ1v) is 9.24. The molecule has 0 bridgehead atoms. The molecular weight excluding hydrogens is 348 g/mol. The second kappa shape index (κ2) is 10.0. The minimum atomic E-state index is -2.98. The minimum absolute atomic E-state index is 0.0691. The summed E-state index contributed by atoms with van der Waals surface area (Å²) in [6.07, 6.45) is 1.61. The number of ether oxygens (including phenoxy) is 1. The van der Waals surface area contributed by atoms with Crippen LogP contribution in [0.15, 0.2) is 54.6 Å². The summed E-state index contributed by atoms with van der Waals surface area (Å²) in [6, 6.07) is 16.2. The topological polar surface area (TPSA) is 29.5 Å². The Labute approximate surface area is 160 Å². The standard InChI is InChI=1S/C22H27F2NO2/c1-25(2)21(26)14-7-15-22(23,24)19-12-6-13-20(17-19)27-16-8-11-18-9-4-3-5-10-18/h3-6,9-10,12-13,17H,7-8,11,14-16H2,1-2H3. The van der Waals surface area contributed by atoms with Crippen molar-refractivity contribution in [1.29, 1.82) is 0 Å². The van der Waals surface area contributed by atoms with Crippen LogP contribution >= 0.6 is 0 Å². The van der Waals surface area contributed by atoms with Gasteiger partial charge in [0.15, 0.2) is 0 Å². The summed E-state index contributed by atoms with van der Waals surface area (Å²) in [7, 11) is 3.25. The average Bonchev–Trinajstić information content (AvgIpc) is 2.66. The van der Waals surface area contributed by atoms with Gasteiger partial charge in [-0.3, -0.25) is 4.79 Å². The molecule has 0 fully saturated rings. The summed E-state index contributed by atoms with van der Waals surface area (Å²) >= 11 is 0. The van der Waals surface area contributed by atoms with Crippen molar-refractivity contribution >= 4 is 5.91 Å². The second-order valence-electron chi connectivity index (χ2n) is 6.81. The van der Waals surface area contributed by atoms with Crippen LogP contribution in [-0.4, -0.2) is 31.5 Å². The van der Waals surface area contributed by atoms with E-state index in [0.29, 0.717) is 12.4 Å². The van der Waals surface area contributed by atoms with Crippen LogP contribution < -0.4 is 4.74 Å². The van der Waals surface area contributed by atoms with Crippen LogP contribution in [0.1, 0.15) is 36.8 Å². The van der Waals surface area contributed by atoms with E-state index in [-0.39, 0.29) is 30.7 Å². The molecule has 1 amide bonds. The SMILES string of the molecule is CN(C)C(=O)CCCC(F)(F)c1cccc(OCCCc2ccccc2)c1. The maximum atomic E-state index is 14.4.